The van der Waals surface area contributed by atoms with Gasteiger partial charge in [0.2, 0.25) is 23.0 Å². The Morgan fingerprint density at radius 3 is 0.966 bits per heavy atom. The summed E-state index contributed by atoms with van der Waals surface area (Å²) in [4.78, 5) is 46.6. The Kier molecular flexibility index (Phi) is 30.6. The first-order chi connectivity index (χ1) is 28.0. The Labute approximate surface area is 346 Å². The summed E-state index contributed by atoms with van der Waals surface area (Å²) in [6.45, 7) is 3.09. The second kappa shape index (κ2) is 33.6. The Bertz CT molecular complexity index is 1120. The Morgan fingerprint density at radius 2 is 0.724 bits per heavy atom. The summed E-state index contributed by atoms with van der Waals surface area (Å²) < 4.78 is 19.4. The molecule has 0 radical (unpaired) electrons. The quantitative estimate of drug-likeness (QED) is 0.0205. The van der Waals surface area contributed by atoms with Crippen molar-refractivity contribution in [3.05, 3.63) is 23.0 Å². The lowest BCUT2D eigenvalue weighted by Gasteiger charge is -2.17. The highest BCUT2D eigenvalue weighted by Crippen LogP contribution is 2.27. The van der Waals surface area contributed by atoms with Crippen molar-refractivity contribution in [1.29, 1.82) is 0 Å². The Morgan fingerprint density at radius 1 is 0.483 bits per heavy atom. The Balaban J connectivity index is 0.000000580. The standard InChI is InChI=1S/2C22H38O7/c2*1-2-3-4-5-6-7-8-9-10-11-12-13-14-15-18(25)28-21-19(26)22(27)29-20(21)17(24)16-23/h2*17,20,23-24,26H,2-16H2,1H3/t2*17-,20+/m00/s1. The summed E-state index contributed by atoms with van der Waals surface area (Å²) in [7, 11) is 0. The lowest BCUT2D eigenvalue weighted by atomic mass is 10.0. The van der Waals surface area contributed by atoms with Crippen LogP contribution in [0.25, 0.3) is 0 Å². The van der Waals surface area contributed by atoms with Gasteiger partial charge in [0.1, 0.15) is 12.2 Å². The first-order valence-corrected chi connectivity index (χ1v) is 22.3. The van der Waals surface area contributed by atoms with Gasteiger partial charge in [-0.15, -0.1) is 0 Å². The number of esters is 4. The third-order valence-corrected chi connectivity index (χ3v) is 10.3. The maximum Gasteiger partial charge on any atom is 0.378 e. The van der Waals surface area contributed by atoms with Crippen LogP contribution < -0.4 is 0 Å². The first kappa shape index (κ1) is 52.8. The van der Waals surface area contributed by atoms with E-state index in [2.05, 4.69) is 13.8 Å². The number of hydrogen-bond acceptors (Lipinski definition) is 14. The van der Waals surface area contributed by atoms with Crippen molar-refractivity contribution in [2.45, 2.75) is 218 Å². The van der Waals surface area contributed by atoms with Crippen molar-refractivity contribution >= 4 is 23.9 Å². The molecule has 2 heterocycles. The van der Waals surface area contributed by atoms with Crippen LogP contribution in [0.3, 0.4) is 0 Å². The number of rotatable bonds is 34. The molecular formula is C44H76O14. The van der Waals surface area contributed by atoms with Crippen LogP contribution in [0.4, 0.5) is 0 Å². The average Bonchev–Trinajstić information content (AvgIpc) is 3.66. The molecule has 336 valence electrons. The van der Waals surface area contributed by atoms with Gasteiger partial charge >= 0.3 is 23.9 Å². The molecule has 4 atom stereocenters. The Hall–Kier alpha value is -3.20. The number of carbonyl (C=O) groups excluding carboxylic acids is 4. The number of ether oxygens (including phenoxy) is 4. The molecule has 0 saturated carbocycles. The van der Waals surface area contributed by atoms with E-state index in [-0.39, 0.29) is 12.8 Å². The van der Waals surface area contributed by atoms with Gasteiger partial charge in [-0.2, -0.15) is 0 Å². The number of cyclic esters (lactones) is 2. The first-order valence-electron chi connectivity index (χ1n) is 22.3. The zero-order valence-electron chi connectivity index (χ0n) is 35.5. The lowest BCUT2D eigenvalue weighted by Crippen LogP contribution is -2.33. The van der Waals surface area contributed by atoms with E-state index in [1.54, 1.807) is 0 Å². The average molecular weight is 829 g/mol. The highest BCUT2D eigenvalue weighted by atomic mass is 16.6. The van der Waals surface area contributed by atoms with Crippen molar-refractivity contribution in [2.24, 2.45) is 0 Å². The van der Waals surface area contributed by atoms with Gasteiger partial charge in [-0.05, 0) is 12.8 Å². The van der Waals surface area contributed by atoms with Crippen LogP contribution in [0.1, 0.15) is 194 Å². The van der Waals surface area contributed by atoms with E-state index in [0.717, 1.165) is 38.5 Å². The number of carbonyl (C=O) groups is 4. The van der Waals surface area contributed by atoms with E-state index in [1.807, 2.05) is 0 Å². The molecule has 6 N–H and O–H groups in total. The van der Waals surface area contributed by atoms with Crippen LogP contribution in [-0.2, 0) is 38.1 Å². The van der Waals surface area contributed by atoms with Crippen LogP contribution in [0, 0.1) is 0 Å². The third-order valence-electron chi connectivity index (χ3n) is 10.3. The third kappa shape index (κ3) is 22.8. The van der Waals surface area contributed by atoms with E-state index in [9.17, 15) is 39.6 Å². The molecule has 0 aromatic carbocycles. The van der Waals surface area contributed by atoms with E-state index in [0.29, 0.717) is 12.8 Å². The predicted molar refractivity (Wildman–Crippen MR) is 218 cm³/mol. The van der Waals surface area contributed by atoms with Crippen molar-refractivity contribution in [2.75, 3.05) is 13.2 Å². The minimum absolute atomic E-state index is 0.157. The summed E-state index contributed by atoms with van der Waals surface area (Å²) in [5.41, 5.74) is 0. The lowest BCUT2D eigenvalue weighted by molar-refractivity contribution is -0.151. The molecule has 0 aromatic rings. The van der Waals surface area contributed by atoms with Crippen LogP contribution in [0.15, 0.2) is 23.0 Å². The van der Waals surface area contributed by atoms with E-state index in [4.69, 9.17) is 29.2 Å². The SMILES string of the molecule is CCCCCCCCCCCCCCCC(=O)OC1=C(O)C(=O)O[C@@H]1[C@@H](O)CO.CCCCCCCCCCCCCCCC(=O)OC1=C(O)C(=O)O[C@@H]1[C@@H](O)CO. The molecular weight excluding hydrogens is 752 g/mol. The molecule has 0 spiro atoms. The van der Waals surface area contributed by atoms with Crippen molar-refractivity contribution in [3.8, 4) is 0 Å². The zero-order valence-corrected chi connectivity index (χ0v) is 35.5. The van der Waals surface area contributed by atoms with Crippen LogP contribution in [0.2, 0.25) is 0 Å². The van der Waals surface area contributed by atoms with Crippen molar-refractivity contribution < 1.29 is 68.8 Å². The highest BCUT2D eigenvalue weighted by molar-refractivity contribution is 5.90. The van der Waals surface area contributed by atoms with Crippen molar-refractivity contribution in [1.82, 2.24) is 0 Å². The number of hydrogen-bond donors (Lipinski definition) is 6. The van der Waals surface area contributed by atoms with Gasteiger partial charge in [-0.25, -0.2) is 9.59 Å². The molecule has 2 aliphatic heterocycles. The smallest absolute Gasteiger partial charge is 0.378 e. The minimum atomic E-state index is -1.46. The van der Waals surface area contributed by atoms with Crippen LogP contribution >= 0.6 is 0 Å². The van der Waals surface area contributed by atoms with Gasteiger partial charge in [0.15, 0.2) is 12.2 Å². The van der Waals surface area contributed by atoms with E-state index >= 15 is 0 Å². The topological polar surface area (TPSA) is 227 Å². The molecule has 0 fully saturated rings. The molecule has 14 heteroatoms. The number of aliphatic hydroxyl groups is 6. The molecule has 0 amide bonds. The number of unbranched alkanes of at least 4 members (excludes halogenated alkanes) is 24. The van der Waals surface area contributed by atoms with E-state index in [1.165, 1.54) is 116 Å². The predicted octanol–water partition coefficient (Wildman–Crippen LogP) is 8.12. The molecule has 0 saturated heterocycles. The fourth-order valence-electron chi connectivity index (χ4n) is 6.75. The van der Waals surface area contributed by atoms with Gasteiger partial charge < -0.3 is 49.6 Å². The summed E-state index contributed by atoms with van der Waals surface area (Å²) in [5, 5.41) is 56.4. The maximum atomic E-state index is 11.9. The van der Waals surface area contributed by atoms with Gasteiger partial charge in [0.05, 0.1) is 13.2 Å². The second-order valence-electron chi connectivity index (χ2n) is 15.5. The fourth-order valence-corrected chi connectivity index (χ4v) is 6.75. The van der Waals surface area contributed by atoms with Crippen molar-refractivity contribution in [3.63, 3.8) is 0 Å². The minimum Gasteiger partial charge on any atom is -0.499 e. The highest BCUT2D eigenvalue weighted by Gasteiger charge is 2.42. The molecule has 0 unspecified atom stereocenters. The van der Waals surface area contributed by atoms with Crippen LogP contribution in [0.5, 0.6) is 0 Å². The van der Waals surface area contributed by atoms with Crippen LogP contribution in [-0.4, -0.2) is 92.1 Å². The zero-order chi connectivity index (χ0) is 43.0. The van der Waals surface area contributed by atoms with Gasteiger partial charge in [0.25, 0.3) is 0 Å². The second-order valence-corrected chi connectivity index (χ2v) is 15.5. The number of aliphatic hydroxyl groups excluding tert-OH is 6. The fraction of sp³-hybridized carbons (Fsp3) is 0.818. The molecule has 0 bridgehead atoms. The van der Waals surface area contributed by atoms with Gasteiger partial charge in [-0.3, -0.25) is 9.59 Å². The molecule has 58 heavy (non-hydrogen) atoms. The van der Waals surface area contributed by atoms with E-state index < -0.39 is 84.5 Å². The summed E-state index contributed by atoms with van der Waals surface area (Å²) in [5.74, 6) is -5.85. The van der Waals surface area contributed by atoms with Gasteiger partial charge in [0, 0.05) is 12.8 Å². The molecule has 2 rings (SSSR count). The normalized spacial score (nSPS) is 17.5. The molecule has 0 aliphatic carbocycles. The summed E-state index contributed by atoms with van der Waals surface area (Å²) >= 11 is 0. The monoisotopic (exact) mass is 829 g/mol. The maximum absolute atomic E-state index is 11.9. The summed E-state index contributed by atoms with van der Waals surface area (Å²) in [6.07, 6.45) is 25.9. The molecule has 0 aromatic heterocycles. The van der Waals surface area contributed by atoms with Gasteiger partial charge in [-0.1, -0.05) is 168 Å². The summed E-state index contributed by atoms with van der Waals surface area (Å²) in [6, 6.07) is 0. The largest absolute Gasteiger partial charge is 0.499 e. The molecule has 14 nitrogen and oxygen atoms in total. The molecule has 2 aliphatic rings.